The van der Waals surface area contributed by atoms with Crippen LogP contribution in [0.25, 0.3) is 0 Å². The molecule has 0 saturated heterocycles. The van der Waals surface area contributed by atoms with Crippen LogP contribution in [-0.2, 0) is 0 Å². The van der Waals surface area contributed by atoms with Crippen LogP contribution in [0, 0.1) is 6.07 Å². The maximum Gasteiger partial charge on any atom is 0.164 e. The van der Waals surface area contributed by atoms with Crippen LogP contribution in [0.5, 0.6) is 23.0 Å². The second-order valence-electron chi connectivity index (χ2n) is 3.35. The topological polar surface area (TPSA) is 27.7 Å². The minimum absolute atomic E-state index is 0.640. The molecule has 0 fully saturated rings. The summed E-state index contributed by atoms with van der Waals surface area (Å²) in [6.07, 6.45) is 0. The van der Waals surface area contributed by atoms with Gasteiger partial charge in [-0.2, -0.15) is 0 Å². The van der Waals surface area contributed by atoms with Gasteiger partial charge in [-0.25, -0.2) is 0 Å². The minimum atomic E-state index is 0.640. The first kappa shape index (κ1) is 11.3. The number of methoxy groups -OCH3 is 2. The van der Waals surface area contributed by atoms with E-state index in [4.69, 9.17) is 14.2 Å². The highest BCUT2D eigenvalue weighted by Crippen LogP contribution is 2.32. The van der Waals surface area contributed by atoms with Crippen LogP contribution in [0.2, 0.25) is 0 Å². The third kappa shape index (κ3) is 2.69. The normalized spacial score (nSPS) is 9.76. The Morgan fingerprint density at radius 1 is 0.941 bits per heavy atom. The van der Waals surface area contributed by atoms with Crippen LogP contribution in [0.1, 0.15) is 0 Å². The zero-order valence-corrected chi connectivity index (χ0v) is 9.77. The van der Waals surface area contributed by atoms with Crippen molar-refractivity contribution >= 4 is 0 Å². The van der Waals surface area contributed by atoms with Gasteiger partial charge < -0.3 is 14.2 Å². The number of para-hydroxylation sites is 1. The molecule has 0 aromatic heterocycles. The molecule has 3 heteroatoms. The Bertz CT molecular complexity index is 480. The maximum atomic E-state index is 5.63. The van der Waals surface area contributed by atoms with Gasteiger partial charge in [0.1, 0.15) is 11.5 Å². The Balaban J connectivity index is 2.22. The number of hydrogen-bond donors (Lipinski definition) is 0. The van der Waals surface area contributed by atoms with Crippen molar-refractivity contribution in [1.29, 1.82) is 0 Å². The van der Waals surface area contributed by atoms with Crippen LogP contribution in [0.3, 0.4) is 0 Å². The molecule has 17 heavy (non-hydrogen) atoms. The lowest BCUT2D eigenvalue weighted by Gasteiger charge is -2.10. The van der Waals surface area contributed by atoms with Crippen molar-refractivity contribution in [3.63, 3.8) is 0 Å². The lowest BCUT2D eigenvalue weighted by atomic mass is 10.3. The molecule has 0 heterocycles. The van der Waals surface area contributed by atoms with Crippen molar-refractivity contribution < 1.29 is 14.2 Å². The first-order valence-electron chi connectivity index (χ1n) is 5.20. The van der Waals surface area contributed by atoms with Crippen molar-refractivity contribution in [3.05, 3.63) is 48.5 Å². The molecule has 0 atom stereocenters. The summed E-state index contributed by atoms with van der Waals surface area (Å²) in [4.78, 5) is 0. The Kier molecular flexibility index (Phi) is 3.50. The van der Waals surface area contributed by atoms with Gasteiger partial charge in [0.15, 0.2) is 11.5 Å². The first-order chi connectivity index (χ1) is 8.33. The summed E-state index contributed by atoms with van der Waals surface area (Å²) < 4.78 is 16.0. The van der Waals surface area contributed by atoms with E-state index in [0.717, 1.165) is 0 Å². The maximum absolute atomic E-state index is 5.63. The van der Waals surface area contributed by atoms with Crippen LogP contribution in [-0.4, -0.2) is 14.2 Å². The van der Waals surface area contributed by atoms with Gasteiger partial charge >= 0.3 is 0 Å². The molecule has 0 N–H and O–H groups in total. The fourth-order valence-electron chi connectivity index (χ4n) is 1.45. The van der Waals surface area contributed by atoms with Crippen molar-refractivity contribution in [2.45, 2.75) is 0 Å². The molecule has 0 amide bonds. The van der Waals surface area contributed by atoms with Gasteiger partial charge in [-0.1, -0.05) is 18.2 Å². The second-order valence-corrected chi connectivity index (χ2v) is 3.35. The monoisotopic (exact) mass is 229 g/mol. The largest absolute Gasteiger partial charge is 0.493 e. The molecular formula is C14H13O3. The average molecular weight is 229 g/mol. The molecular weight excluding hydrogens is 216 g/mol. The highest BCUT2D eigenvalue weighted by molar-refractivity contribution is 5.46. The highest BCUT2D eigenvalue weighted by Gasteiger charge is 2.05. The van der Waals surface area contributed by atoms with E-state index < -0.39 is 0 Å². The van der Waals surface area contributed by atoms with Crippen LogP contribution < -0.4 is 14.2 Å². The molecule has 0 aliphatic carbocycles. The molecule has 0 aliphatic heterocycles. The molecule has 0 saturated carbocycles. The zero-order chi connectivity index (χ0) is 12.1. The number of ether oxygens (including phenoxy) is 3. The minimum Gasteiger partial charge on any atom is -0.493 e. The van der Waals surface area contributed by atoms with E-state index in [1.165, 1.54) is 0 Å². The molecule has 2 aromatic rings. The summed E-state index contributed by atoms with van der Waals surface area (Å²) in [5.41, 5.74) is 0. The van der Waals surface area contributed by atoms with E-state index in [2.05, 4.69) is 6.07 Å². The number of rotatable bonds is 4. The van der Waals surface area contributed by atoms with E-state index in [9.17, 15) is 0 Å². The summed E-state index contributed by atoms with van der Waals surface area (Å²) >= 11 is 0. The van der Waals surface area contributed by atoms with Crippen LogP contribution >= 0.6 is 0 Å². The second kappa shape index (κ2) is 5.25. The molecule has 2 aromatic carbocycles. The predicted molar refractivity (Wildman–Crippen MR) is 64.9 cm³/mol. The zero-order valence-electron chi connectivity index (χ0n) is 9.77. The molecule has 0 aliphatic rings. The predicted octanol–water partition coefficient (Wildman–Crippen LogP) is 3.30. The Morgan fingerprint density at radius 3 is 2.41 bits per heavy atom. The fraction of sp³-hybridized carbons (Fsp3) is 0.143. The molecule has 1 radical (unpaired) electrons. The Hall–Kier alpha value is -2.16. The smallest absolute Gasteiger partial charge is 0.164 e. The SMILES string of the molecule is COc1ccc(Oc2[c]cccc2)cc1OC. The van der Waals surface area contributed by atoms with E-state index in [1.54, 1.807) is 32.4 Å². The summed E-state index contributed by atoms with van der Waals surface area (Å²) in [6.45, 7) is 0. The van der Waals surface area contributed by atoms with Crippen molar-refractivity contribution in [3.8, 4) is 23.0 Å². The van der Waals surface area contributed by atoms with Crippen molar-refractivity contribution in [2.24, 2.45) is 0 Å². The Morgan fingerprint density at radius 2 is 1.76 bits per heavy atom. The quantitative estimate of drug-likeness (QED) is 0.805. The van der Waals surface area contributed by atoms with Crippen molar-refractivity contribution in [2.75, 3.05) is 14.2 Å². The molecule has 3 nitrogen and oxygen atoms in total. The summed E-state index contributed by atoms with van der Waals surface area (Å²) in [6, 6.07) is 15.8. The molecule has 2 rings (SSSR count). The van der Waals surface area contributed by atoms with E-state index in [1.807, 2.05) is 24.3 Å². The summed E-state index contributed by atoms with van der Waals surface area (Å²) in [7, 11) is 3.19. The van der Waals surface area contributed by atoms with Crippen LogP contribution in [0.15, 0.2) is 42.5 Å². The Labute approximate surface area is 101 Å². The summed E-state index contributed by atoms with van der Waals surface area (Å²) in [5.74, 6) is 2.67. The van der Waals surface area contributed by atoms with Crippen molar-refractivity contribution in [1.82, 2.24) is 0 Å². The molecule has 87 valence electrons. The van der Waals surface area contributed by atoms with Crippen LogP contribution in [0.4, 0.5) is 0 Å². The third-order valence-corrected chi connectivity index (χ3v) is 2.26. The van der Waals surface area contributed by atoms with E-state index in [0.29, 0.717) is 23.0 Å². The third-order valence-electron chi connectivity index (χ3n) is 2.26. The lowest BCUT2D eigenvalue weighted by Crippen LogP contribution is -1.91. The van der Waals surface area contributed by atoms with Gasteiger partial charge in [0.05, 0.1) is 14.2 Å². The lowest BCUT2D eigenvalue weighted by molar-refractivity contribution is 0.352. The molecule has 0 bridgehead atoms. The molecule has 0 unspecified atom stereocenters. The fourth-order valence-corrected chi connectivity index (χ4v) is 1.45. The van der Waals surface area contributed by atoms with Gasteiger partial charge in [-0.05, 0) is 18.2 Å². The standard InChI is InChI=1S/C14H13O3/c1-15-13-9-8-12(10-14(13)16-2)17-11-6-4-3-5-7-11/h3-6,8-10H,1-2H3. The van der Waals surface area contributed by atoms with Gasteiger partial charge in [-0.3, -0.25) is 0 Å². The molecule has 0 spiro atoms. The van der Waals surface area contributed by atoms with Gasteiger partial charge in [0.2, 0.25) is 0 Å². The number of benzene rings is 2. The van der Waals surface area contributed by atoms with Gasteiger partial charge in [-0.15, -0.1) is 0 Å². The average Bonchev–Trinajstić information content (AvgIpc) is 2.40. The number of hydrogen-bond acceptors (Lipinski definition) is 3. The van der Waals surface area contributed by atoms with E-state index in [-0.39, 0.29) is 0 Å². The van der Waals surface area contributed by atoms with Gasteiger partial charge in [0.25, 0.3) is 0 Å². The first-order valence-corrected chi connectivity index (χ1v) is 5.20. The van der Waals surface area contributed by atoms with Gasteiger partial charge in [0, 0.05) is 12.1 Å². The highest BCUT2D eigenvalue weighted by atomic mass is 16.5. The van der Waals surface area contributed by atoms with E-state index >= 15 is 0 Å². The summed E-state index contributed by atoms with van der Waals surface area (Å²) in [5, 5.41) is 0.